The molecule has 3 atom stereocenters. The van der Waals surface area contributed by atoms with Crippen LogP contribution >= 0.6 is 0 Å². The first-order valence-electron chi connectivity index (χ1n) is 12.3. The van der Waals surface area contributed by atoms with Crippen molar-refractivity contribution in [1.29, 1.82) is 0 Å². The van der Waals surface area contributed by atoms with Gasteiger partial charge >= 0.3 is 5.97 Å². The largest absolute Gasteiger partial charge is 0.481 e. The first-order chi connectivity index (χ1) is 17.5. The molecule has 0 radical (unpaired) electrons. The highest BCUT2D eigenvalue weighted by Gasteiger charge is 2.48. The molecule has 0 saturated carbocycles. The Labute approximate surface area is 211 Å². The van der Waals surface area contributed by atoms with Crippen LogP contribution in [0.5, 0.6) is 11.5 Å². The summed E-state index contributed by atoms with van der Waals surface area (Å²) in [6, 6.07) is 11.5. The van der Waals surface area contributed by atoms with Crippen LogP contribution in [0.15, 0.2) is 36.4 Å². The number of nitrogens with zero attached hydrogens (tertiary/aromatic N) is 1. The zero-order chi connectivity index (χ0) is 25.7. The Hall–Kier alpha value is -3.14. The molecule has 2 aromatic carbocycles. The third-order valence-corrected chi connectivity index (χ3v) is 6.83. The van der Waals surface area contributed by atoms with Gasteiger partial charge in [0.1, 0.15) is 12.1 Å². The normalized spacial score (nSPS) is 21.0. The fourth-order valence-corrected chi connectivity index (χ4v) is 5.03. The average Bonchev–Trinajstić information content (AvgIpc) is 3.48. The standard InChI is InChI=1S/C27H34N2O7/c1-4-17-7-6-8-18(5-2)25(17)28-23(30)15-29-14-20(19-9-10-21-22(13-19)36-16-35-21)24(27(31)32)26(29)34-12-11-33-3/h6-10,13,20,24,26H,4-5,11-12,14-16H2,1-3H3,(H,28,30)(H,31,32). The summed E-state index contributed by atoms with van der Waals surface area (Å²) in [6.45, 7) is 5.13. The second-order valence-electron chi connectivity index (χ2n) is 8.97. The number of para-hydroxylation sites is 1. The maximum atomic E-state index is 13.2. The highest BCUT2D eigenvalue weighted by atomic mass is 16.7. The van der Waals surface area contributed by atoms with Gasteiger partial charge in [-0.25, -0.2) is 0 Å². The summed E-state index contributed by atoms with van der Waals surface area (Å²) >= 11 is 0. The predicted molar refractivity (Wildman–Crippen MR) is 133 cm³/mol. The maximum absolute atomic E-state index is 13.2. The predicted octanol–water partition coefficient (Wildman–Crippen LogP) is 3.27. The molecule has 9 heteroatoms. The van der Waals surface area contributed by atoms with Gasteiger partial charge in [0.25, 0.3) is 0 Å². The molecule has 1 saturated heterocycles. The molecular weight excluding hydrogens is 464 g/mol. The number of ether oxygens (including phenoxy) is 4. The lowest BCUT2D eigenvalue weighted by Gasteiger charge is -2.26. The van der Waals surface area contributed by atoms with E-state index in [0.717, 1.165) is 35.2 Å². The van der Waals surface area contributed by atoms with Crippen LogP contribution in [0.2, 0.25) is 0 Å². The van der Waals surface area contributed by atoms with E-state index in [1.165, 1.54) is 0 Å². The molecule has 2 aliphatic rings. The van der Waals surface area contributed by atoms with Crippen LogP contribution < -0.4 is 14.8 Å². The molecule has 1 amide bonds. The Morgan fingerprint density at radius 2 is 1.81 bits per heavy atom. The van der Waals surface area contributed by atoms with E-state index in [1.807, 2.05) is 30.3 Å². The maximum Gasteiger partial charge on any atom is 0.311 e. The number of rotatable bonds is 11. The van der Waals surface area contributed by atoms with Crippen molar-refractivity contribution in [2.75, 3.05) is 45.5 Å². The lowest BCUT2D eigenvalue weighted by Crippen LogP contribution is -2.42. The summed E-state index contributed by atoms with van der Waals surface area (Å²) in [5.41, 5.74) is 3.78. The van der Waals surface area contributed by atoms with Gasteiger partial charge in [-0.15, -0.1) is 0 Å². The smallest absolute Gasteiger partial charge is 0.311 e. The number of carboxylic acid groups (broad SMARTS) is 1. The van der Waals surface area contributed by atoms with Gasteiger partial charge in [-0.1, -0.05) is 38.1 Å². The Morgan fingerprint density at radius 3 is 2.47 bits per heavy atom. The van der Waals surface area contributed by atoms with Gasteiger partial charge in [-0.3, -0.25) is 14.5 Å². The number of hydrogen-bond acceptors (Lipinski definition) is 7. The molecule has 1 fully saturated rings. The van der Waals surface area contributed by atoms with E-state index in [2.05, 4.69) is 19.2 Å². The second-order valence-corrected chi connectivity index (χ2v) is 8.97. The zero-order valence-corrected chi connectivity index (χ0v) is 21.0. The number of carbonyl (C=O) groups excluding carboxylic acids is 1. The zero-order valence-electron chi connectivity index (χ0n) is 21.0. The molecule has 3 unspecified atom stereocenters. The molecule has 0 bridgehead atoms. The van der Waals surface area contributed by atoms with E-state index in [-0.39, 0.29) is 25.9 Å². The summed E-state index contributed by atoms with van der Waals surface area (Å²) in [7, 11) is 1.56. The van der Waals surface area contributed by atoms with Gasteiger partial charge in [0.15, 0.2) is 11.5 Å². The summed E-state index contributed by atoms with van der Waals surface area (Å²) in [4.78, 5) is 27.5. The van der Waals surface area contributed by atoms with Gasteiger partial charge in [0.05, 0.1) is 19.8 Å². The summed E-state index contributed by atoms with van der Waals surface area (Å²) in [5.74, 6) is -1.23. The van der Waals surface area contributed by atoms with E-state index >= 15 is 0 Å². The molecule has 0 aliphatic carbocycles. The van der Waals surface area contributed by atoms with Crippen molar-refractivity contribution in [3.8, 4) is 11.5 Å². The first kappa shape index (κ1) is 25.9. The van der Waals surface area contributed by atoms with E-state index in [1.54, 1.807) is 18.1 Å². The van der Waals surface area contributed by atoms with Gasteiger partial charge < -0.3 is 29.4 Å². The Balaban J connectivity index is 1.58. The molecule has 4 rings (SSSR count). The molecule has 2 N–H and O–H groups in total. The number of hydrogen-bond donors (Lipinski definition) is 2. The molecule has 2 aromatic rings. The molecule has 9 nitrogen and oxygen atoms in total. The monoisotopic (exact) mass is 498 g/mol. The lowest BCUT2D eigenvalue weighted by molar-refractivity contribution is -0.153. The number of benzene rings is 2. The van der Waals surface area contributed by atoms with Crippen molar-refractivity contribution >= 4 is 17.6 Å². The highest BCUT2D eigenvalue weighted by Crippen LogP contribution is 2.42. The van der Waals surface area contributed by atoms with Crippen LogP contribution in [-0.4, -0.2) is 68.3 Å². The van der Waals surface area contributed by atoms with Crippen LogP contribution in [0.3, 0.4) is 0 Å². The summed E-state index contributed by atoms with van der Waals surface area (Å²) in [6.07, 6.45) is 0.803. The van der Waals surface area contributed by atoms with Gasteiger partial charge in [0, 0.05) is 25.3 Å². The number of aliphatic carboxylic acids is 1. The van der Waals surface area contributed by atoms with Crippen LogP contribution in [0.1, 0.15) is 36.5 Å². The van der Waals surface area contributed by atoms with E-state index < -0.39 is 24.0 Å². The number of nitrogens with one attached hydrogen (secondary N) is 1. The molecule has 0 aromatic heterocycles. The second kappa shape index (κ2) is 11.7. The van der Waals surface area contributed by atoms with Gasteiger partial charge in [-0.05, 0) is 41.7 Å². The van der Waals surface area contributed by atoms with E-state index in [9.17, 15) is 14.7 Å². The summed E-state index contributed by atoms with van der Waals surface area (Å²) in [5, 5.41) is 13.3. The number of aryl methyl sites for hydroxylation is 2. The Kier molecular flexibility index (Phi) is 8.45. The van der Waals surface area contributed by atoms with E-state index in [0.29, 0.717) is 24.7 Å². The average molecular weight is 499 g/mol. The fourth-order valence-electron chi connectivity index (χ4n) is 5.03. The topological polar surface area (TPSA) is 107 Å². The molecule has 194 valence electrons. The lowest BCUT2D eigenvalue weighted by atomic mass is 9.88. The number of amides is 1. The van der Waals surface area contributed by atoms with Crippen LogP contribution in [0, 0.1) is 5.92 Å². The molecule has 0 spiro atoms. The van der Waals surface area contributed by atoms with Crippen molar-refractivity contribution in [2.45, 2.75) is 38.8 Å². The number of methoxy groups -OCH3 is 1. The highest BCUT2D eigenvalue weighted by molar-refractivity contribution is 5.94. The fraction of sp³-hybridized carbons (Fsp3) is 0.481. The number of carboxylic acids is 1. The first-order valence-corrected chi connectivity index (χ1v) is 12.3. The number of anilines is 1. The third-order valence-electron chi connectivity index (χ3n) is 6.83. The quantitative estimate of drug-likeness (QED) is 0.455. The van der Waals surface area contributed by atoms with Crippen molar-refractivity contribution in [1.82, 2.24) is 4.90 Å². The molecule has 2 heterocycles. The Bertz CT molecular complexity index is 1070. The number of likely N-dealkylation sites (tertiary alicyclic amines) is 1. The van der Waals surface area contributed by atoms with Gasteiger partial charge in [0.2, 0.25) is 12.7 Å². The van der Waals surface area contributed by atoms with Crippen molar-refractivity contribution in [3.05, 3.63) is 53.1 Å². The number of fused-ring (bicyclic) bond motifs is 1. The minimum absolute atomic E-state index is 0.00365. The molecule has 36 heavy (non-hydrogen) atoms. The molecular formula is C27H34N2O7. The van der Waals surface area contributed by atoms with Crippen LogP contribution in [0.25, 0.3) is 0 Å². The van der Waals surface area contributed by atoms with Crippen molar-refractivity contribution in [3.63, 3.8) is 0 Å². The van der Waals surface area contributed by atoms with Crippen LogP contribution in [0.4, 0.5) is 5.69 Å². The third kappa shape index (κ3) is 5.48. The number of carbonyl (C=O) groups is 2. The SMILES string of the molecule is CCc1cccc(CC)c1NC(=O)CN1CC(c2ccc3c(c2)OCO3)C(C(=O)O)C1OCCOC. The van der Waals surface area contributed by atoms with E-state index in [4.69, 9.17) is 18.9 Å². The van der Waals surface area contributed by atoms with Crippen molar-refractivity contribution in [2.24, 2.45) is 5.92 Å². The minimum atomic E-state index is -0.979. The minimum Gasteiger partial charge on any atom is -0.481 e. The summed E-state index contributed by atoms with van der Waals surface area (Å²) < 4.78 is 22.0. The van der Waals surface area contributed by atoms with Gasteiger partial charge in [-0.2, -0.15) is 0 Å². The Morgan fingerprint density at radius 1 is 1.08 bits per heavy atom. The van der Waals surface area contributed by atoms with Crippen molar-refractivity contribution < 1.29 is 33.6 Å². The molecule has 2 aliphatic heterocycles. The van der Waals surface area contributed by atoms with Crippen LogP contribution in [-0.2, 0) is 31.9 Å².